The molecule has 1 aromatic heterocycles. The van der Waals surface area contributed by atoms with E-state index in [0.29, 0.717) is 0 Å². The summed E-state index contributed by atoms with van der Waals surface area (Å²) in [5.41, 5.74) is -0.340. The molecule has 0 amide bonds. The summed E-state index contributed by atoms with van der Waals surface area (Å²) in [5.74, 6) is 0.845. The summed E-state index contributed by atoms with van der Waals surface area (Å²) >= 11 is 0. The van der Waals surface area contributed by atoms with Crippen LogP contribution < -0.4 is 11.0 Å². The Morgan fingerprint density at radius 3 is 2.69 bits per heavy atom. The lowest BCUT2D eigenvalue weighted by atomic mass is 10.0. The van der Waals surface area contributed by atoms with Gasteiger partial charge in [-0.1, -0.05) is 6.42 Å². The van der Waals surface area contributed by atoms with Gasteiger partial charge < -0.3 is 5.32 Å². The zero-order chi connectivity index (χ0) is 11.8. The van der Waals surface area contributed by atoms with Gasteiger partial charge in [-0.15, -0.1) is 0 Å². The van der Waals surface area contributed by atoms with Crippen LogP contribution in [0.5, 0.6) is 0 Å². The van der Waals surface area contributed by atoms with Crippen LogP contribution in [0.1, 0.15) is 51.9 Å². The summed E-state index contributed by atoms with van der Waals surface area (Å²) in [4.78, 5) is 11.7. The van der Waals surface area contributed by atoms with E-state index in [4.69, 9.17) is 0 Å². The van der Waals surface area contributed by atoms with E-state index in [9.17, 15) is 4.79 Å². The molecule has 1 unspecified atom stereocenters. The van der Waals surface area contributed by atoms with Gasteiger partial charge >= 0.3 is 5.69 Å². The molecule has 5 nitrogen and oxygen atoms in total. The van der Waals surface area contributed by atoms with Crippen molar-refractivity contribution in [2.45, 2.75) is 51.6 Å². The molecule has 1 aliphatic heterocycles. The van der Waals surface area contributed by atoms with Gasteiger partial charge in [-0.2, -0.15) is 5.10 Å². The third-order valence-corrected chi connectivity index (χ3v) is 2.99. The molecule has 5 heteroatoms. The van der Waals surface area contributed by atoms with E-state index in [-0.39, 0.29) is 17.3 Å². The van der Waals surface area contributed by atoms with Gasteiger partial charge in [0.2, 0.25) is 0 Å². The van der Waals surface area contributed by atoms with Crippen molar-refractivity contribution in [3.05, 3.63) is 16.3 Å². The van der Waals surface area contributed by atoms with E-state index in [1.807, 2.05) is 20.8 Å². The SMILES string of the molecule is CC(C)(C)n1c(C2CCCCN2)n[nH]c1=O. The Hall–Kier alpha value is -1.10. The second-order valence-electron chi connectivity index (χ2n) is 5.40. The Balaban J connectivity index is 2.37. The lowest BCUT2D eigenvalue weighted by molar-refractivity contribution is 0.326. The van der Waals surface area contributed by atoms with Crippen molar-refractivity contribution in [1.29, 1.82) is 0 Å². The molecule has 1 aliphatic rings. The monoisotopic (exact) mass is 224 g/mol. The number of aromatic amines is 1. The first-order valence-corrected chi connectivity index (χ1v) is 5.91. The van der Waals surface area contributed by atoms with E-state index in [0.717, 1.165) is 18.8 Å². The molecule has 0 aliphatic carbocycles. The number of piperidine rings is 1. The van der Waals surface area contributed by atoms with Crippen LogP contribution >= 0.6 is 0 Å². The van der Waals surface area contributed by atoms with Gasteiger partial charge in [-0.05, 0) is 40.2 Å². The van der Waals surface area contributed by atoms with Crippen LogP contribution in [-0.2, 0) is 5.54 Å². The fourth-order valence-electron chi connectivity index (χ4n) is 2.26. The average molecular weight is 224 g/mol. The molecule has 0 aromatic carbocycles. The predicted octanol–water partition coefficient (Wildman–Crippen LogP) is 1.14. The highest BCUT2D eigenvalue weighted by Crippen LogP contribution is 2.23. The van der Waals surface area contributed by atoms with Crippen molar-refractivity contribution >= 4 is 0 Å². The zero-order valence-electron chi connectivity index (χ0n) is 10.2. The molecule has 0 bridgehead atoms. The number of hydrogen-bond donors (Lipinski definition) is 2. The number of aromatic nitrogens is 3. The lowest BCUT2D eigenvalue weighted by Gasteiger charge is -2.27. The van der Waals surface area contributed by atoms with Gasteiger partial charge in [0.25, 0.3) is 0 Å². The van der Waals surface area contributed by atoms with E-state index >= 15 is 0 Å². The second-order valence-corrected chi connectivity index (χ2v) is 5.40. The molecule has 1 saturated heterocycles. The minimum atomic E-state index is -0.224. The lowest BCUT2D eigenvalue weighted by Crippen LogP contribution is -2.37. The van der Waals surface area contributed by atoms with Gasteiger partial charge in [0.05, 0.1) is 6.04 Å². The summed E-state index contributed by atoms with van der Waals surface area (Å²) in [6.45, 7) is 7.08. The van der Waals surface area contributed by atoms with Crippen LogP contribution in [0, 0.1) is 0 Å². The Kier molecular flexibility index (Phi) is 2.88. The molecular formula is C11H20N4O. The maximum atomic E-state index is 11.7. The van der Waals surface area contributed by atoms with Crippen LogP contribution in [0.25, 0.3) is 0 Å². The molecule has 90 valence electrons. The van der Waals surface area contributed by atoms with E-state index in [1.54, 1.807) is 4.57 Å². The normalized spacial score (nSPS) is 22.3. The fraction of sp³-hybridized carbons (Fsp3) is 0.818. The molecule has 2 N–H and O–H groups in total. The molecule has 0 radical (unpaired) electrons. The Morgan fingerprint density at radius 2 is 2.12 bits per heavy atom. The van der Waals surface area contributed by atoms with Crippen molar-refractivity contribution in [1.82, 2.24) is 20.1 Å². The van der Waals surface area contributed by atoms with Crippen molar-refractivity contribution < 1.29 is 0 Å². The standard InChI is InChI=1S/C11H20N4O/c1-11(2,3)15-9(13-14-10(15)16)8-6-4-5-7-12-8/h8,12H,4-7H2,1-3H3,(H,14,16). The first-order valence-electron chi connectivity index (χ1n) is 5.91. The van der Waals surface area contributed by atoms with Crippen molar-refractivity contribution in [2.24, 2.45) is 0 Å². The highest BCUT2D eigenvalue weighted by Gasteiger charge is 2.27. The highest BCUT2D eigenvalue weighted by atomic mass is 16.1. The van der Waals surface area contributed by atoms with Crippen LogP contribution in [0.2, 0.25) is 0 Å². The minimum absolute atomic E-state index is 0.116. The number of H-pyrrole nitrogens is 1. The summed E-state index contributed by atoms with van der Waals surface area (Å²) in [6, 6.07) is 0.215. The third kappa shape index (κ3) is 2.04. The Bertz CT molecular complexity index is 406. The van der Waals surface area contributed by atoms with Crippen molar-refractivity contribution in [3.8, 4) is 0 Å². The highest BCUT2D eigenvalue weighted by molar-refractivity contribution is 5.00. The predicted molar refractivity (Wildman–Crippen MR) is 62.4 cm³/mol. The van der Waals surface area contributed by atoms with Gasteiger partial charge in [0, 0.05) is 5.54 Å². The van der Waals surface area contributed by atoms with Crippen molar-refractivity contribution in [2.75, 3.05) is 6.54 Å². The number of hydrogen-bond acceptors (Lipinski definition) is 3. The second kappa shape index (κ2) is 4.05. The fourth-order valence-corrected chi connectivity index (χ4v) is 2.26. The summed E-state index contributed by atoms with van der Waals surface area (Å²) < 4.78 is 1.76. The Morgan fingerprint density at radius 1 is 1.38 bits per heavy atom. The average Bonchev–Trinajstić information content (AvgIpc) is 2.61. The Labute approximate surface area is 95.2 Å². The minimum Gasteiger partial charge on any atom is -0.307 e. The molecule has 1 atom stereocenters. The van der Waals surface area contributed by atoms with Gasteiger partial charge in [0.15, 0.2) is 5.82 Å². The molecule has 1 fully saturated rings. The first kappa shape index (κ1) is 11.4. The first-order chi connectivity index (χ1) is 7.50. The molecule has 1 aromatic rings. The number of rotatable bonds is 1. The topological polar surface area (TPSA) is 62.7 Å². The number of nitrogens with one attached hydrogen (secondary N) is 2. The zero-order valence-corrected chi connectivity index (χ0v) is 10.2. The van der Waals surface area contributed by atoms with Crippen molar-refractivity contribution in [3.63, 3.8) is 0 Å². The third-order valence-electron chi connectivity index (χ3n) is 2.99. The van der Waals surface area contributed by atoms with Crippen LogP contribution in [0.4, 0.5) is 0 Å². The van der Waals surface area contributed by atoms with E-state index in [2.05, 4.69) is 15.5 Å². The molecule has 0 spiro atoms. The molecule has 2 rings (SSSR count). The quantitative estimate of drug-likeness (QED) is 0.752. The van der Waals surface area contributed by atoms with Crippen LogP contribution in [-0.4, -0.2) is 21.3 Å². The maximum Gasteiger partial charge on any atom is 0.343 e. The van der Waals surface area contributed by atoms with Crippen LogP contribution in [0.15, 0.2) is 4.79 Å². The summed E-state index contributed by atoms with van der Waals surface area (Å²) in [7, 11) is 0. The molecule has 16 heavy (non-hydrogen) atoms. The van der Waals surface area contributed by atoms with Gasteiger partial charge in [0.1, 0.15) is 0 Å². The van der Waals surface area contributed by atoms with E-state index < -0.39 is 0 Å². The smallest absolute Gasteiger partial charge is 0.307 e. The molecule has 2 heterocycles. The maximum absolute atomic E-state index is 11.7. The van der Waals surface area contributed by atoms with Crippen LogP contribution in [0.3, 0.4) is 0 Å². The summed E-state index contributed by atoms with van der Waals surface area (Å²) in [5, 5.41) is 10.1. The van der Waals surface area contributed by atoms with Gasteiger partial charge in [-0.3, -0.25) is 4.57 Å². The summed E-state index contributed by atoms with van der Waals surface area (Å²) in [6.07, 6.45) is 3.46. The number of nitrogens with zero attached hydrogens (tertiary/aromatic N) is 2. The molecule has 0 saturated carbocycles. The van der Waals surface area contributed by atoms with Gasteiger partial charge in [-0.25, -0.2) is 9.89 Å². The van der Waals surface area contributed by atoms with E-state index in [1.165, 1.54) is 12.8 Å². The largest absolute Gasteiger partial charge is 0.343 e. The molecular weight excluding hydrogens is 204 g/mol.